The predicted molar refractivity (Wildman–Crippen MR) is 83.5 cm³/mol. The number of halogens is 1. The molecule has 4 heteroatoms. The van der Waals surface area contributed by atoms with Crippen LogP contribution in [-0.4, -0.2) is 9.78 Å². The van der Waals surface area contributed by atoms with Crippen LogP contribution >= 0.6 is 0 Å². The van der Waals surface area contributed by atoms with Crippen molar-refractivity contribution in [3.63, 3.8) is 0 Å². The van der Waals surface area contributed by atoms with E-state index in [0.717, 1.165) is 18.4 Å². The number of nitrogens with two attached hydrogens (primary N) is 1. The van der Waals surface area contributed by atoms with Crippen molar-refractivity contribution < 1.29 is 4.39 Å². The lowest BCUT2D eigenvalue weighted by Crippen LogP contribution is -2.08. The zero-order valence-corrected chi connectivity index (χ0v) is 12.5. The summed E-state index contributed by atoms with van der Waals surface area (Å²) in [6, 6.07) is 5.60. The van der Waals surface area contributed by atoms with Gasteiger partial charge in [0, 0.05) is 11.8 Å². The monoisotopic (exact) mass is 287 g/mol. The molecule has 1 heterocycles. The van der Waals surface area contributed by atoms with Crippen LogP contribution in [0.2, 0.25) is 0 Å². The molecule has 2 N–H and O–H groups in total. The van der Waals surface area contributed by atoms with Gasteiger partial charge in [0.15, 0.2) is 0 Å². The number of benzene rings is 1. The van der Waals surface area contributed by atoms with Crippen LogP contribution in [0.25, 0.3) is 11.3 Å². The van der Waals surface area contributed by atoms with Crippen LogP contribution in [-0.2, 0) is 0 Å². The molecule has 1 aromatic heterocycles. The Bertz CT molecular complexity index is 625. The van der Waals surface area contributed by atoms with Gasteiger partial charge in [-0.1, -0.05) is 37.8 Å². The first-order valence-corrected chi connectivity index (χ1v) is 7.76. The summed E-state index contributed by atoms with van der Waals surface area (Å²) in [6.45, 7) is 1.76. The fourth-order valence-corrected chi connectivity index (χ4v) is 3.08. The van der Waals surface area contributed by atoms with Crippen LogP contribution in [0.4, 0.5) is 10.1 Å². The maximum Gasteiger partial charge on any atom is 0.126 e. The Labute approximate surface area is 125 Å². The van der Waals surface area contributed by atoms with E-state index in [1.54, 1.807) is 13.0 Å². The van der Waals surface area contributed by atoms with Crippen molar-refractivity contribution in [1.29, 1.82) is 0 Å². The normalized spacial score (nSPS) is 16.9. The summed E-state index contributed by atoms with van der Waals surface area (Å²) in [6.07, 6.45) is 9.33. The lowest BCUT2D eigenvalue weighted by molar-refractivity contribution is 0.406. The lowest BCUT2D eigenvalue weighted by atomic mass is 10.1. The first kappa shape index (κ1) is 14.1. The quantitative estimate of drug-likeness (QED) is 0.828. The zero-order valence-electron chi connectivity index (χ0n) is 12.5. The maximum atomic E-state index is 13.7. The van der Waals surface area contributed by atoms with E-state index in [0.29, 0.717) is 23.0 Å². The van der Waals surface area contributed by atoms with Crippen LogP contribution in [0.15, 0.2) is 24.4 Å². The van der Waals surface area contributed by atoms with Crippen LogP contribution in [0, 0.1) is 12.7 Å². The molecule has 0 amide bonds. The SMILES string of the molecule is Cc1ccc(-c2nn(C3CCCCCC3)cc2N)cc1F. The average Bonchev–Trinajstić information content (AvgIpc) is 2.69. The van der Waals surface area contributed by atoms with E-state index >= 15 is 0 Å². The summed E-state index contributed by atoms with van der Waals surface area (Å²) < 4.78 is 15.7. The highest BCUT2D eigenvalue weighted by Gasteiger charge is 2.18. The molecule has 21 heavy (non-hydrogen) atoms. The number of nitrogen functional groups attached to an aromatic ring is 1. The third-order valence-corrected chi connectivity index (χ3v) is 4.40. The van der Waals surface area contributed by atoms with Crippen LogP contribution in [0.5, 0.6) is 0 Å². The molecule has 0 bridgehead atoms. The Balaban J connectivity index is 1.91. The largest absolute Gasteiger partial charge is 0.396 e. The Morgan fingerprint density at radius 3 is 2.57 bits per heavy atom. The van der Waals surface area contributed by atoms with Gasteiger partial charge in [0.25, 0.3) is 0 Å². The summed E-state index contributed by atoms with van der Waals surface area (Å²) in [5.74, 6) is -0.212. The van der Waals surface area contributed by atoms with Gasteiger partial charge in [-0.2, -0.15) is 5.10 Å². The Morgan fingerprint density at radius 2 is 1.90 bits per heavy atom. The fraction of sp³-hybridized carbons (Fsp3) is 0.471. The topological polar surface area (TPSA) is 43.8 Å². The third-order valence-electron chi connectivity index (χ3n) is 4.40. The first-order chi connectivity index (χ1) is 10.1. The van der Waals surface area contributed by atoms with Gasteiger partial charge >= 0.3 is 0 Å². The van der Waals surface area contributed by atoms with Crippen molar-refractivity contribution in [3.05, 3.63) is 35.8 Å². The molecule has 1 fully saturated rings. The summed E-state index contributed by atoms with van der Waals surface area (Å²) >= 11 is 0. The summed E-state index contributed by atoms with van der Waals surface area (Å²) in [4.78, 5) is 0. The van der Waals surface area contributed by atoms with Gasteiger partial charge < -0.3 is 5.73 Å². The fourth-order valence-electron chi connectivity index (χ4n) is 3.08. The molecule has 0 atom stereocenters. The van der Waals surface area contributed by atoms with E-state index in [1.165, 1.54) is 31.7 Å². The second-order valence-electron chi connectivity index (χ2n) is 6.02. The molecule has 1 saturated carbocycles. The molecule has 1 aliphatic carbocycles. The van der Waals surface area contributed by atoms with Gasteiger partial charge in [0.2, 0.25) is 0 Å². The molecule has 0 unspecified atom stereocenters. The van der Waals surface area contributed by atoms with Crippen LogP contribution in [0.3, 0.4) is 0 Å². The van der Waals surface area contributed by atoms with Crippen LogP contribution < -0.4 is 5.73 Å². The molecule has 3 nitrogen and oxygen atoms in total. The maximum absolute atomic E-state index is 13.7. The molecule has 1 aromatic carbocycles. The number of nitrogens with zero attached hydrogens (tertiary/aromatic N) is 2. The van der Waals surface area contributed by atoms with E-state index < -0.39 is 0 Å². The van der Waals surface area contributed by atoms with Gasteiger partial charge in [-0.05, 0) is 31.4 Å². The van der Waals surface area contributed by atoms with Crippen molar-refractivity contribution in [3.8, 4) is 11.3 Å². The zero-order chi connectivity index (χ0) is 14.8. The molecule has 3 rings (SSSR count). The van der Waals surface area contributed by atoms with Gasteiger partial charge in [-0.3, -0.25) is 4.68 Å². The average molecular weight is 287 g/mol. The highest BCUT2D eigenvalue weighted by molar-refractivity contribution is 5.72. The van der Waals surface area contributed by atoms with E-state index in [1.807, 2.05) is 16.9 Å². The minimum Gasteiger partial charge on any atom is -0.396 e. The van der Waals surface area contributed by atoms with E-state index in [4.69, 9.17) is 5.73 Å². The predicted octanol–water partition coefficient (Wildman–Crippen LogP) is 4.48. The molecule has 2 aromatic rings. The summed E-state index contributed by atoms with van der Waals surface area (Å²) in [7, 11) is 0. The summed E-state index contributed by atoms with van der Waals surface area (Å²) in [5.41, 5.74) is 8.81. The van der Waals surface area contributed by atoms with E-state index in [-0.39, 0.29) is 5.82 Å². The number of hydrogen-bond acceptors (Lipinski definition) is 2. The van der Waals surface area contributed by atoms with E-state index in [9.17, 15) is 4.39 Å². The van der Waals surface area contributed by atoms with Gasteiger partial charge in [0.05, 0.1) is 11.7 Å². The van der Waals surface area contributed by atoms with E-state index in [2.05, 4.69) is 5.10 Å². The Morgan fingerprint density at radius 1 is 1.19 bits per heavy atom. The number of rotatable bonds is 2. The third kappa shape index (κ3) is 2.94. The minimum absolute atomic E-state index is 0.212. The Kier molecular flexibility index (Phi) is 3.95. The van der Waals surface area contributed by atoms with Crippen molar-refractivity contribution >= 4 is 5.69 Å². The minimum atomic E-state index is -0.212. The molecule has 0 saturated heterocycles. The first-order valence-electron chi connectivity index (χ1n) is 7.76. The number of aryl methyl sites for hydroxylation is 1. The van der Waals surface area contributed by atoms with Crippen molar-refractivity contribution in [2.24, 2.45) is 0 Å². The number of anilines is 1. The number of aromatic nitrogens is 2. The number of hydrogen-bond donors (Lipinski definition) is 1. The van der Waals surface area contributed by atoms with Crippen molar-refractivity contribution in [1.82, 2.24) is 9.78 Å². The lowest BCUT2D eigenvalue weighted by Gasteiger charge is -2.14. The molecule has 0 radical (unpaired) electrons. The van der Waals surface area contributed by atoms with Gasteiger partial charge in [0.1, 0.15) is 11.5 Å². The highest BCUT2D eigenvalue weighted by atomic mass is 19.1. The highest BCUT2D eigenvalue weighted by Crippen LogP contribution is 2.31. The smallest absolute Gasteiger partial charge is 0.126 e. The van der Waals surface area contributed by atoms with Crippen molar-refractivity contribution in [2.75, 3.05) is 5.73 Å². The standard InChI is InChI=1S/C17H22FN3/c1-12-8-9-13(10-15(12)18)17-16(19)11-21(20-17)14-6-4-2-3-5-7-14/h8-11,14H,2-7,19H2,1H3. The Hall–Kier alpha value is -1.84. The molecular weight excluding hydrogens is 265 g/mol. The second kappa shape index (κ2) is 5.88. The second-order valence-corrected chi connectivity index (χ2v) is 6.02. The summed E-state index contributed by atoms with van der Waals surface area (Å²) in [5, 5.41) is 4.64. The van der Waals surface area contributed by atoms with Gasteiger partial charge in [-0.25, -0.2) is 4.39 Å². The van der Waals surface area contributed by atoms with Gasteiger partial charge in [-0.15, -0.1) is 0 Å². The molecule has 0 aliphatic heterocycles. The van der Waals surface area contributed by atoms with Crippen LogP contribution in [0.1, 0.15) is 50.1 Å². The molecular formula is C17H22FN3. The molecule has 112 valence electrons. The molecule has 0 spiro atoms. The molecule has 1 aliphatic rings. The van der Waals surface area contributed by atoms with Crippen molar-refractivity contribution in [2.45, 2.75) is 51.5 Å².